The van der Waals surface area contributed by atoms with E-state index in [9.17, 15) is 9.59 Å². The minimum Gasteiger partial charge on any atom is -0.298 e. The number of carbonyl (C=O) groups is 2. The van der Waals surface area contributed by atoms with Gasteiger partial charge >= 0.3 is 0 Å². The average Bonchev–Trinajstić information content (AvgIpc) is 2.33. The van der Waals surface area contributed by atoms with E-state index in [2.05, 4.69) is 0 Å². The maximum Gasteiger partial charge on any atom is 0.144 e. The number of ketones is 2. The summed E-state index contributed by atoms with van der Waals surface area (Å²) in [4.78, 5) is 26.4. The van der Waals surface area contributed by atoms with Crippen molar-refractivity contribution >= 4 is 11.6 Å². The molecule has 0 radical (unpaired) electrons. The monoisotopic (exact) mass is 304 g/mol. The van der Waals surface area contributed by atoms with Crippen molar-refractivity contribution in [2.75, 3.05) is 0 Å². The molecule has 22 heavy (non-hydrogen) atoms. The largest absolute Gasteiger partial charge is 0.298 e. The lowest BCUT2D eigenvalue weighted by Crippen LogP contribution is -2.60. The molecule has 0 aromatic carbocycles. The summed E-state index contributed by atoms with van der Waals surface area (Å²) in [7, 11) is 0. The van der Waals surface area contributed by atoms with E-state index in [0.717, 1.165) is 32.1 Å². The van der Waals surface area contributed by atoms with Crippen LogP contribution in [0.25, 0.3) is 0 Å². The maximum absolute atomic E-state index is 13.2. The van der Waals surface area contributed by atoms with Gasteiger partial charge in [-0.05, 0) is 50.4 Å². The fourth-order valence-corrected chi connectivity index (χ4v) is 6.38. The second-order valence-electron chi connectivity index (χ2n) is 10.7. The van der Waals surface area contributed by atoms with Crippen molar-refractivity contribution in [3.63, 3.8) is 0 Å². The third-order valence-corrected chi connectivity index (χ3v) is 6.39. The first kappa shape index (κ1) is 16.2. The van der Waals surface area contributed by atoms with Gasteiger partial charge in [-0.15, -0.1) is 0 Å². The maximum atomic E-state index is 13.2. The van der Waals surface area contributed by atoms with Gasteiger partial charge in [0, 0.05) is 21.7 Å². The predicted molar refractivity (Wildman–Crippen MR) is 88.5 cm³/mol. The molecule has 0 saturated heterocycles. The third kappa shape index (κ3) is 2.29. The van der Waals surface area contributed by atoms with Crippen molar-refractivity contribution in [1.29, 1.82) is 0 Å². The summed E-state index contributed by atoms with van der Waals surface area (Å²) in [5.74, 6) is 2.03. The van der Waals surface area contributed by atoms with Crippen LogP contribution in [-0.2, 0) is 9.59 Å². The SMILES string of the molecule is CC(C)(C)C(=O)C12CC3CC(C1)CC(C(=O)C(C)(C)C)(C3)C2. The van der Waals surface area contributed by atoms with E-state index in [1.165, 1.54) is 6.42 Å². The van der Waals surface area contributed by atoms with Gasteiger partial charge in [-0.1, -0.05) is 41.5 Å². The molecule has 4 rings (SSSR count). The van der Waals surface area contributed by atoms with Crippen LogP contribution in [-0.4, -0.2) is 11.6 Å². The van der Waals surface area contributed by atoms with E-state index in [-0.39, 0.29) is 21.7 Å². The van der Waals surface area contributed by atoms with Gasteiger partial charge in [-0.25, -0.2) is 0 Å². The predicted octanol–water partition coefficient (Wildman–Crippen LogP) is 4.80. The van der Waals surface area contributed by atoms with E-state index >= 15 is 0 Å². The highest BCUT2D eigenvalue weighted by atomic mass is 16.1. The van der Waals surface area contributed by atoms with Gasteiger partial charge < -0.3 is 0 Å². The van der Waals surface area contributed by atoms with E-state index < -0.39 is 0 Å². The molecule has 0 aromatic rings. The molecule has 0 atom stereocenters. The van der Waals surface area contributed by atoms with Gasteiger partial charge in [0.25, 0.3) is 0 Å². The summed E-state index contributed by atoms with van der Waals surface area (Å²) < 4.78 is 0. The van der Waals surface area contributed by atoms with Crippen LogP contribution in [0.5, 0.6) is 0 Å². The van der Waals surface area contributed by atoms with Crippen LogP contribution in [0, 0.1) is 33.5 Å². The standard InChI is InChI=1S/C20H32O2/c1-17(2,3)15(21)19-8-13-7-14(9-19)11-20(10-13,12-19)16(22)18(4,5)6/h13-14H,7-12H2,1-6H3. The Morgan fingerprint density at radius 3 is 1.32 bits per heavy atom. The van der Waals surface area contributed by atoms with Gasteiger partial charge in [0.1, 0.15) is 11.6 Å². The summed E-state index contributed by atoms with van der Waals surface area (Å²) in [5, 5.41) is 0. The molecule has 0 heterocycles. The molecule has 0 aliphatic heterocycles. The fraction of sp³-hybridized carbons (Fsp3) is 0.900. The van der Waals surface area contributed by atoms with Crippen LogP contribution < -0.4 is 0 Å². The molecule has 4 aliphatic rings. The molecule has 0 N–H and O–H groups in total. The van der Waals surface area contributed by atoms with Crippen LogP contribution in [0.4, 0.5) is 0 Å². The molecule has 2 nitrogen and oxygen atoms in total. The Morgan fingerprint density at radius 1 is 0.727 bits per heavy atom. The lowest BCUT2D eigenvalue weighted by atomic mass is 9.40. The van der Waals surface area contributed by atoms with Crippen LogP contribution in [0.3, 0.4) is 0 Å². The molecule has 0 spiro atoms. The zero-order chi connectivity index (χ0) is 16.6. The van der Waals surface area contributed by atoms with Crippen molar-refractivity contribution < 1.29 is 9.59 Å². The number of Topliss-reactive ketones (excluding diaryl/α,β-unsaturated/α-hetero) is 2. The van der Waals surface area contributed by atoms with Crippen molar-refractivity contribution in [1.82, 2.24) is 0 Å². The number of hydrogen-bond acceptors (Lipinski definition) is 2. The van der Waals surface area contributed by atoms with Crippen LogP contribution in [0.1, 0.15) is 80.1 Å². The molecule has 0 unspecified atom stereocenters. The zero-order valence-electron chi connectivity index (χ0n) is 15.2. The summed E-state index contributed by atoms with van der Waals surface area (Å²) >= 11 is 0. The number of hydrogen-bond donors (Lipinski definition) is 0. The van der Waals surface area contributed by atoms with Crippen molar-refractivity contribution in [2.24, 2.45) is 33.5 Å². The van der Waals surface area contributed by atoms with Gasteiger partial charge in [0.15, 0.2) is 0 Å². The molecule has 4 bridgehead atoms. The fourth-order valence-electron chi connectivity index (χ4n) is 6.38. The second kappa shape index (κ2) is 4.45. The molecular weight excluding hydrogens is 272 g/mol. The molecule has 4 aliphatic carbocycles. The summed E-state index contributed by atoms with van der Waals surface area (Å²) in [6.45, 7) is 12.3. The molecule has 4 saturated carbocycles. The molecule has 0 amide bonds. The zero-order valence-corrected chi connectivity index (χ0v) is 15.2. The third-order valence-electron chi connectivity index (χ3n) is 6.39. The second-order valence-corrected chi connectivity index (χ2v) is 10.7. The van der Waals surface area contributed by atoms with Crippen LogP contribution >= 0.6 is 0 Å². The highest BCUT2D eigenvalue weighted by Gasteiger charge is 2.64. The average molecular weight is 304 g/mol. The Balaban J connectivity index is 2.01. The summed E-state index contributed by atoms with van der Waals surface area (Å²) in [6.07, 6.45) is 6.24. The first-order valence-electron chi connectivity index (χ1n) is 8.98. The Labute approximate surface area is 135 Å². The van der Waals surface area contributed by atoms with Crippen LogP contribution in [0.2, 0.25) is 0 Å². The molecule has 2 heteroatoms. The topological polar surface area (TPSA) is 34.1 Å². The lowest BCUT2D eigenvalue weighted by Gasteiger charge is -2.62. The summed E-state index contributed by atoms with van der Waals surface area (Å²) in [6, 6.07) is 0. The van der Waals surface area contributed by atoms with Gasteiger partial charge in [0.05, 0.1) is 0 Å². The quantitative estimate of drug-likeness (QED) is 0.734. The molecule has 0 aromatic heterocycles. The van der Waals surface area contributed by atoms with E-state index in [0.29, 0.717) is 23.4 Å². The van der Waals surface area contributed by atoms with Gasteiger partial charge in [-0.3, -0.25) is 9.59 Å². The first-order valence-corrected chi connectivity index (χ1v) is 8.98. The number of carbonyl (C=O) groups excluding carboxylic acids is 2. The van der Waals surface area contributed by atoms with Crippen molar-refractivity contribution in [3.8, 4) is 0 Å². The Kier molecular flexibility index (Phi) is 3.28. The Morgan fingerprint density at radius 2 is 1.05 bits per heavy atom. The summed E-state index contributed by atoms with van der Waals surface area (Å²) in [5.41, 5.74) is -0.998. The van der Waals surface area contributed by atoms with E-state index in [1.54, 1.807) is 0 Å². The van der Waals surface area contributed by atoms with E-state index in [1.807, 2.05) is 41.5 Å². The van der Waals surface area contributed by atoms with E-state index in [4.69, 9.17) is 0 Å². The molecule has 4 fully saturated rings. The van der Waals surface area contributed by atoms with Gasteiger partial charge in [0.2, 0.25) is 0 Å². The van der Waals surface area contributed by atoms with Crippen molar-refractivity contribution in [2.45, 2.75) is 80.1 Å². The number of rotatable bonds is 2. The Bertz CT molecular complexity index is 457. The smallest absolute Gasteiger partial charge is 0.144 e. The van der Waals surface area contributed by atoms with Crippen LogP contribution in [0.15, 0.2) is 0 Å². The minimum atomic E-state index is -0.294. The highest BCUT2D eigenvalue weighted by molar-refractivity contribution is 5.94. The normalized spacial score (nSPS) is 40.8. The Hall–Kier alpha value is -0.660. The van der Waals surface area contributed by atoms with Gasteiger partial charge in [-0.2, -0.15) is 0 Å². The van der Waals surface area contributed by atoms with Crippen molar-refractivity contribution in [3.05, 3.63) is 0 Å². The molecule has 124 valence electrons. The highest BCUT2D eigenvalue weighted by Crippen LogP contribution is 2.67. The minimum absolute atomic E-state index is 0.205. The lowest BCUT2D eigenvalue weighted by molar-refractivity contribution is -0.173. The first-order chi connectivity index (χ1) is 9.88. The molecular formula is C20H32O2.